The molecule has 0 saturated carbocycles. The summed E-state index contributed by atoms with van der Waals surface area (Å²) >= 11 is 0. The first-order valence-corrected chi connectivity index (χ1v) is 8.76. The number of nitrogens with one attached hydrogen (secondary N) is 2. The summed E-state index contributed by atoms with van der Waals surface area (Å²) in [7, 11) is 0. The van der Waals surface area contributed by atoms with Gasteiger partial charge in [0.05, 0.1) is 18.7 Å². The van der Waals surface area contributed by atoms with E-state index < -0.39 is 0 Å². The molecule has 1 atom stereocenters. The van der Waals surface area contributed by atoms with Gasteiger partial charge in [-0.25, -0.2) is 0 Å². The average molecular weight is 354 g/mol. The molecule has 0 saturated heterocycles. The molecule has 138 valence electrons. The lowest BCUT2D eigenvalue weighted by atomic mass is 10.1. The summed E-state index contributed by atoms with van der Waals surface area (Å²) in [5.41, 5.74) is 2.43. The Morgan fingerprint density at radius 2 is 1.65 bits per heavy atom. The van der Waals surface area contributed by atoms with Crippen molar-refractivity contribution in [3.63, 3.8) is 0 Å². The lowest BCUT2D eigenvalue weighted by Crippen LogP contribution is -2.38. The first-order chi connectivity index (χ1) is 12.4. The third-order valence-corrected chi connectivity index (χ3v) is 3.93. The van der Waals surface area contributed by atoms with Gasteiger partial charge < -0.3 is 15.4 Å². The molecule has 0 aliphatic carbocycles. The minimum atomic E-state index is -0.249. The predicted molar refractivity (Wildman–Crippen MR) is 102 cm³/mol. The highest BCUT2D eigenvalue weighted by molar-refractivity contribution is 5.97. The molecule has 0 fully saturated rings. The monoisotopic (exact) mass is 354 g/mol. The van der Waals surface area contributed by atoms with Crippen molar-refractivity contribution in [2.45, 2.75) is 39.8 Å². The first kappa shape index (κ1) is 19.5. The molecule has 0 aliphatic rings. The van der Waals surface area contributed by atoms with Gasteiger partial charge in [0.25, 0.3) is 5.91 Å². The van der Waals surface area contributed by atoms with Crippen LogP contribution in [0.4, 0.5) is 0 Å². The van der Waals surface area contributed by atoms with Gasteiger partial charge in [0.1, 0.15) is 5.75 Å². The summed E-state index contributed by atoms with van der Waals surface area (Å²) in [5, 5.41) is 5.54. The topological polar surface area (TPSA) is 67.4 Å². The van der Waals surface area contributed by atoms with Crippen molar-refractivity contribution < 1.29 is 14.3 Å². The van der Waals surface area contributed by atoms with Gasteiger partial charge in [-0.2, -0.15) is 0 Å². The average Bonchev–Trinajstić information content (AvgIpc) is 2.60. The maximum Gasteiger partial charge on any atom is 0.251 e. The zero-order valence-electron chi connectivity index (χ0n) is 15.7. The van der Waals surface area contributed by atoms with Crippen molar-refractivity contribution in [3.05, 3.63) is 65.2 Å². The maximum atomic E-state index is 12.1. The molecule has 2 aromatic rings. The van der Waals surface area contributed by atoms with E-state index >= 15 is 0 Å². The Morgan fingerprint density at radius 1 is 1.00 bits per heavy atom. The molecule has 0 aromatic heterocycles. The third kappa shape index (κ3) is 5.62. The smallest absolute Gasteiger partial charge is 0.251 e. The highest BCUT2D eigenvalue weighted by Crippen LogP contribution is 2.18. The van der Waals surface area contributed by atoms with Gasteiger partial charge in [-0.3, -0.25) is 9.59 Å². The number of rotatable bonds is 7. The summed E-state index contributed by atoms with van der Waals surface area (Å²) < 4.78 is 5.61. The molecular weight excluding hydrogens is 328 g/mol. The molecule has 0 heterocycles. The lowest BCUT2D eigenvalue weighted by Gasteiger charge is -2.16. The fraction of sp³-hybridized carbons (Fsp3) is 0.333. The fourth-order valence-electron chi connectivity index (χ4n) is 2.57. The molecule has 2 aromatic carbocycles. The quantitative estimate of drug-likeness (QED) is 0.801. The Morgan fingerprint density at radius 3 is 2.27 bits per heavy atom. The number of carbonyl (C=O) groups is 2. The summed E-state index contributed by atoms with van der Waals surface area (Å²) in [4.78, 5) is 24.3. The van der Waals surface area contributed by atoms with Crippen molar-refractivity contribution in [1.82, 2.24) is 10.6 Å². The number of ether oxygens (including phenoxy) is 1. The van der Waals surface area contributed by atoms with E-state index in [4.69, 9.17) is 4.74 Å². The number of benzene rings is 2. The highest BCUT2D eigenvalue weighted by Gasteiger charge is 2.13. The van der Waals surface area contributed by atoms with E-state index in [1.165, 1.54) is 0 Å². The molecule has 5 nitrogen and oxygen atoms in total. The number of hydrogen-bond donors (Lipinski definition) is 2. The molecule has 2 rings (SSSR count). The van der Waals surface area contributed by atoms with Crippen LogP contribution >= 0.6 is 0 Å². The van der Waals surface area contributed by atoms with Crippen molar-refractivity contribution in [1.29, 1.82) is 0 Å². The van der Waals surface area contributed by atoms with Gasteiger partial charge in [-0.05, 0) is 57.0 Å². The van der Waals surface area contributed by atoms with Crippen LogP contribution in [0.5, 0.6) is 5.75 Å². The van der Waals surface area contributed by atoms with E-state index in [9.17, 15) is 9.59 Å². The van der Waals surface area contributed by atoms with Crippen LogP contribution in [0.15, 0.2) is 48.5 Å². The Balaban J connectivity index is 1.85. The van der Waals surface area contributed by atoms with E-state index in [1.54, 1.807) is 12.1 Å². The molecule has 5 heteroatoms. The van der Waals surface area contributed by atoms with Crippen molar-refractivity contribution in [2.24, 2.45) is 0 Å². The fourth-order valence-corrected chi connectivity index (χ4v) is 2.57. The summed E-state index contributed by atoms with van der Waals surface area (Å²) in [5.74, 6) is 0.316. The normalized spacial score (nSPS) is 11.7. The van der Waals surface area contributed by atoms with E-state index in [0.29, 0.717) is 5.56 Å². The second-order valence-electron chi connectivity index (χ2n) is 6.52. The van der Waals surface area contributed by atoms with E-state index in [1.807, 2.05) is 64.1 Å². The molecule has 0 aliphatic heterocycles. The van der Waals surface area contributed by atoms with Gasteiger partial charge >= 0.3 is 0 Å². The van der Waals surface area contributed by atoms with Crippen LogP contribution in [0.3, 0.4) is 0 Å². The van der Waals surface area contributed by atoms with Gasteiger partial charge in [0.2, 0.25) is 5.91 Å². The minimum Gasteiger partial charge on any atom is -0.491 e. The second kappa shape index (κ2) is 9.04. The van der Waals surface area contributed by atoms with Gasteiger partial charge in [0.15, 0.2) is 0 Å². The lowest BCUT2D eigenvalue weighted by molar-refractivity contribution is -0.120. The zero-order chi connectivity index (χ0) is 19.1. The van der Waals surface area contributed by atoms with Crippen molar-refractivity contribution in [2.75, 3.05) is 6.54 Å². The number of carbonyl (C=O) groups excluding carboxylic acids is 2. The van der Waals surface area contributed by atoms with Crippen molar-refractivity contribution in [3.8, 4) is 5.75 Å². The first-order valence-electron chi connectivity index (χ1n) is 8.76. The van der Waals surface area contributed by atoms with Crippen LogP contribution in [-0.4, -0.2) is 24.5 Å². The van der Waals surface area contributed by atoms with Crippen LogP contribution in [0.25, 0.3) is 0 Å². The Hall–Kier alpha value is -2.82. The Labute approximate surface area is 154 Å². The van der Waals surface area contributed by atoms with Crippen LogP contribution in [0.1, 0.15) is 48.3 Å². The van der Waals surface area contributed by atoms with Crippen LogP contribution in [0, 0.1) is 6.92 Å². The van der Waals surface area contributed by atoms with E-state index in [0.717, 1.165) is 16.9 Å². The van der Waals surface area contributed by atoms with Gasteiger partial charge in [0, 0.05) is 5.56 Å². The Kier molecular flexibility index (Phi) is 6.78. The highest BCUT2D eigenvalue weighted by atomic mass is 16.5. The molecule has 1 unspecified atom stereocenters. The molecular formula is C21H26N2O3. The van der Waals surface area contributed by atoms with Crippen molar-refractivity contribution >= 4 is 11.8 Å². The Bertz CT molecular complexity index is 754. The van der Waals surface area contributed by atoms with Gasteiger partial charge in [-0.1, -0.05) is 30.3 Å². The molecule has 2 amide bonds. The molecule has 0 bridgehead atoms. The molecule has 0 spiro atoms. The number of hydrogen-bond acceptors (Lipinski definition) is 3. The second-order valence-corrected chi connectivity index (χ2v) is 6.52. The molecule has 26 heavy (non-hydrogen) atoms. The van der Waals surface area contributed by atoms with Crippen LogP contribution in [-0.2, 0) is 4.79 Å². The van der Waals surface area contributed by atoms with Crippen LogP contribution in [0.2, 0.25) is 0 Å². The predicted octanol–water partition coefficient (Wildman–Crippen LogP) is 3.39. The summed E-state index contributed by atoms with van der Waals surface area (Å²) in [6, 6.07) is 14.7. The van der Waals surface area contributed by atoms with E-state index in [2.05, 4.69) is 10.6 Å². The third-order valence-electron chi connectivity index (χ3n) is 3.93. The summed E-state index contributed by atoms with van der Waals surface area (Å²) in [6.07, 6.45) is 0.120. The maximum absolute atomic E-state index is 12.1. The standard InChI is InChI=1S/C21H26N2O3/c1-14(2)26-18-11-9-17(10-12-18)16(4)23-20(24)13-22-21(25)19-8-6-5-7-15(19)3/h5-12,14,16H,13H2,1-4H3,(H,22,25)(H,23,24). The van der Waals surface area contributed by atoms with E-state index in [-0.39, 0.29) is 30.5 Å². The zero-order valence-corrected chi connectivity index (χ0v) is 15.7. The van der Waals surface area contributed by atoms with Crippen LogP contribution < -0.4 is 15.4 Å². The SMILES string of the molecule is Cc1ccccc1C(=O)NCC(=O)NC(C)c1ccc(OC(C)C)cc1. The molecule has 0 radical (unpaired) electrons. The largest absolute Gasteiger partial charge is 0.491 e. The molecule has 2 N–H and O–H groups in total. The van der Waals surface area contributed by atoms with Gasteiger partial charge in [-0.15, -0.1) is 0 Å². The summed E-state index contributed by atoms with van der Waals surface area (Å²) in [6.45, 7) is 7.65. The number of aryl methyl sites for hydroxylation is 1. The number of amides is 2. The minimum absolute atomic E-state index is 0.0634.